The largest absolute Gasteiger partial charge is 0.464 e. The highest BCUT2D eigenvalue weighted by Gasteiger charge is 2.29. The number of nitrogens with two attached hydrogens (primary N) is 1. The second kappa shape index (κ2) is 7.95. The third kappa shape index (κ3) is 3.71. The lowest BCUT2D eigenvalue weighted by molar-refractivity contribution is 0.101. The smallest absolute Gasteiger partial charge is 0.421 e. The van der Waals surface area contributed by atoms with E-state index in [0.29, 0.717) is 42.0 Å². The molecular formula is C18H20BrN7O4. The molecule has 1 fully saturated rings. The van der Waals surface area contributed by atoms with Gasteiger partial charge in [0.15, 0.2) is 5.69 Å². The number of aromatic nitrogens is 3. The Bertz CT molecular complexity index is 1110. The first-order valence-corrected chi connectivity index (χ1v) is 10.1. The lowest BCUT2D eigenvalue weighted by Gasteiger charge is -2.38. The number of nitrogens with zero attached hydrogens (tertiary/aromatic N) is 4. The normalized spacial score (nSPS) is 16.6. The summed E-state index contributed by atoms with van der Waals surface area (Å²) in [6, 6.07) is 1.21. The Hall–Kier alpha value is -3.12. The fraction of sp³-hybridized carbons (Fsp3) is 0.333. The van der Waals surface area contributed by atoms with E-state index < -0.39 is 12.0 Å². The SMILES string of the molecule is Cc1cc(C(=O)Nc2c[nH]c3ncc(Br)c(N4CCC[C@@H](N(N)C(=O)O)C4)c23)no1. The molecule has 158 valence electrons. The molecular weight excluding hydrogens is 458 g/mol. The van der Waals surface area contributed by atoms with Gasteiger partial charge in [0.2, 0.25) is 0 Å². The number of hydrogen-bond acceptors (Lipinski definition) is 7. The number of rotatable bonds is 4. The topological polar surface area (TPSA) is 154 Å². The number of carbonyl (C=O) groups excluding carboxylic acids is 1. The first-order chi connectivity index (χ1) is 14.3. The number of hydrazine groups is 1. The van der Waals surface area contributed by atoms with Gasteiger partial charge in [-0.1, -0.05) is 5.16 Å². The third-order valence-electron chi connectivity index (χ3n) is 5.07. The Morgan fingerprint density at radius 1 is 1.50 bits per heavy atom. The lowest BCUT2D eigenvalue weighted by Crippen LogP contribution is -2.53. The van der Waals surface area contributed by atoms with E-state index in [4.69, 9.17) is 10.4 Å². The Labute approximate surface area is 179 Å². The number of H-pyrrole nitrogens is 1. The molecule has 0 saturated carbocycles. The van der Waals surface area contributed by atoms with E-state index in [0.717, 1.165) is 21.6 Å². The monoisotopic (exact) mass is 477 g/mol. The number of amides is 2. The van der Waals surface area contributed by atoms with Crippen LogP contribution in [-0.2, 0) is 0 Å². The second-order valence-electron chi connectivity index (χ2n) is 7.09. The van der Waals surface area contributed by atoms with Gasteiger partial charge in [-0.15, -0.1) is 0 Å². The van der Waals surface area contributed by atoms with Crippen molar-refractivity contribution in [3.63, 3.8) is 0 Å². The van der Waals surface area contributed by atoms with Gasteiger partial charge in [-0.2, -0.15) is 0 Å². The van der Waals surface area contributed by atoms with Crippen molar-refractivity contribution in [3.8, 4) is 0 Å². The summed E-state index contributed by atoms with van der Waals surface area (Å²) in [6.45, 7) is 2.84. The fourth-order valence-corrected chi connectivity index (χ4v) is 4.22. The number of carboxylic acid groups (broad SMARTS) is 1. The minimum atomic E-state index is -1.17. The van der Waals surface area contributed by atoms with Crippen LogP contribution in [0.25, 0.3) is 11.0 Å². The number of pyridine rings is 1. The summed E-state index contributed by atoms with van der Waals surface area (Å²) in [7, 11) is 0. The number of nitrogens with one attached hydrogen (secondary N) is 2. The quantitative estimate of drug-likeness (QED) is 0.254. The van der Waals surface area contributed by atoms with Crippen molar-refractivity contribution in [1.82, 2.24) is 20.1 Å². The van der Waals surface area contributed by atoms with Gasteiger partial charge in [-0.3, -0.25) is 4.79 Å². The highest BCUT2D eigenvalue weighted by molar-refractivity contribution is 9.10. The van der Waals surface area contributed by atoms with E-state index in [2.05, 4.69) is 41.3 Å². The maximum atomic E-state index is 12.6. The molecule has 4 rings (SSSR count). The van der Waals surface area contributed by atoms with Gasteiger partial charge in [-0.25, -0.2) is 20.6 Å². The Balaban J connectivity index is 1.69. The first-order valence-electron chi connectivity index (χ1n) is 9.27. The molecule has 2 amide bonds. The fourth-order valence-electron chi connectivity index (χ4n) is 3.66. The summed E-state index contributed by atoms with van der Waals surface area (Å²) < 4.78 is 5.70. The maximum absolute atomic E-state index is 12.6. The summed E-state index contributed by atoms with van der Waals surface area (Å²) >= 11 is 3.55. The van der Waals surface area contributed by atoms with E-state index in [-0.39, 0.29) is 11.7 Å². The number of piperidine rings is 1. The molecule has 30 heavy (non-hydrogen) atoms. The van der Waals surface area contributed by atoms with E-state index in [1.165, 1.54) is 0 Å². The van der Waals surface area contributed by atoms with Crippen LogP contribution in [0.3, 0.4) is 0 Å². The molecule has 0 unspecified atom stereocenters. The van der Waals surface area contributed by atoms with Crippen LogP contribution in [-0.4, -0.2) is 56.4 Å². The molecule has 0 bridgehead atoms. The molecule has 11 nitrogen and oxygen atoms in total. The maximum Gasteiger partial charge on any atom is 0.421 e. The van der Waals surface area contributed by atoms with E-state index in [1.807, 2.05) is 0 Å². The summed E-state index contributed by atoms with van der Waals surface area (Å²) in [5.74, 6) is 5.86. The molecule has 3 aromatic heterocycles. The molecule has 12 heteroatoms. The Kier molecular flexibility index (Phi) is 5.35. The zero-order valence-electron chi connectivity index (χ0n) is 16.1. The molecule has 0 radical (unpaired) electrons. The van der Waals surface area contributed by atoms with Crippen LogP contribution in [0.1, 0.15) is 29.1 Å². The number of carbonyl (C=O) groups is 2. The number of halogens is 1. The molecule has 1 aliphatic heterocycles. The van der Waals surface area contributed by atoms with Crippen molar-refractivity contribution in [2.24, 2.45) is 5.84 Å². The molecule has 0 aromatic carbocycles. The number of fused-ring (bicyclic) bond motifs is 1. The lowest BCUT2D eigenvalue weighted by atomic mass is 10.0. The van der Waals surface area contributed by atoms with Crippen LogP contribution in [0.4, 0.5) is 16.2 Å². The standard InChI is InChI=1S/C18H20BrN7O4/c1-9-5-12(24-30-9)17(27)23-13-7-22-16-14(13)15(11(19)6-21-16)25-4-2-3-10(8-25)26(20)18(28)29/h5-7,10H,2-4,8,20H2,1H3,(H,21,22)(H,23,27)(H,28,29)/t10-/m1/s1. The van der Waals surface area contributed by atoms with Gasteiger partial charge in [0.05, 0.1) is 27.3 Å². The Morgan fingerprint density at radius 2 is 2.30 bits per heavy atom. The number of aromatic amines is 1. The minimum absolute atomic E-state index is 0.171. The third-order valence-corrected chi connectivity index (χ3v) is 5.65. The van der Waals surface area contributed by atoms with Crippen molar-refractivity contribution in [2.75, 3.05) is 23.3 Å². The predicted octanol–water partition coefficient (Wildman–Crippen LogP) is 2.70. The summed E-state index contributed by atoms with van der Waals surface area (Å²) in [6.07, 6.45) is 3.60. The Morgan fingerprint density at radius 3 is 3.00 bits per heavy atom. The zero-order chi connectivity index (χ0) is 21.4. The summed E-state index contributed by atoms with van der Waals surface area (Å²) in [4.78, 5) is 33.4. The van der Waals surface area contributed by atoms with Crippen molar-refractivity contribution in [2.45, 2.75) is 25.8 Å². The number of anilines is 2. The molecule has 0 aliphatic carbocycles. The molecule has 1 aliphatic rings. The van der Waals surface area contributed by atoms with Gasteiger partial charge < -0.3 is 24.8 Å². The molecule has 1 saturated heterocycles. The zero-order valence-corrected chi connectivity index (χ0v) is 17.6. The van der Waals surface area contributed by atoms with E-state index in [1.54, 1.807) is 25.4 Å². The van der Waals surface area contributed by atoms with Gasteiger partial charge >= 0.3 is 6.09 Å². The van der Waals surface area contributed by atoms with Crippen molar-refractivity contribution >= 4 is 50.3 Å². The van der Waals surface area contributed by atoms with E-state index >= 15 is 0 Å². The van der Waals surface area contributed by atoms with Crippen LogP contribution >= 0.6 is 15.9 Å². The van der Waals surface area contributed by atoms with E-state index in [9.17, 15) is 14.7 Å². The van der Waals surface area contributed by atoms with Crippen LogP contribution in [0.2, 0.25) is 0 Å². The first kappa shape index (κ1) is 20.2. The van der Waals surface area contributed by atoms with Crippen LogP contribution in [0, 0.1) is 6.92 Å². The minimum Gasteiger partial charge on any atom is -0.464 e. The molecule has 4 heterocycles. The van der Waals surface area contributed by atoms with Crippen LogP contribution < -0.4 is 16.1 Å². The van der Waals surface area contributed by atoms with Crippen LogP contribution in [0.15, 0.2) is 27.5 Å². The number of aryl methyl sites for hydroxylation is 1. The second-order valence-corrected chi connectivity index (χ2v) is 7.94. The molecule has 3 aromatic rings. The highest BCUT2D eigenvalue weighted by atomic mass is 79.9. The van der Waals surface area contributed by atoms with Crippen molar-refractivity contribution in [3.05, 3.63) is 34.4 Å². The van der Waals surface area contributed by atoms with Gasteiger partial charge in [0, 0.05) is 31.5 Å². The van der Waals surface area contributed by atoms with Crippen LogP contribution in [0.5, 0.6) is 0 Å². The van der Waals surface area contributed by atoms with Crippen molar-refractivity contribution in [1.29, 1.82) is 0 Å². The molecule has 1 atom stereocenters. The summed E-state index contributed by atoms with van der Waals surface area (Å²) in [5, 5.41) is 17.4. The van der Waals surface area contributed by atoms with Gasteiger partial charge in [0.25, 0.3) is 5.91 Å². The van der Waals surface area contributed by atoms with Gasteiger partial charge in [-0.05, 0) is 35.7 Å². The highest BCUT2D eigenvalue weighted by Crippen LogP contribution is 2.39. The number of hydrogen-bond donors (Lipinski definition) is 4. The van der Waals surface area contributed by atoms with Gasteiger partial charge in [0.1, 0.15) is 11.4 Å². The van der Waals surface area contributed by atoms with Crippen molar-refractivity contribution < 1.29 is 19.2 Å². The average Bonchev–Trinajstić information content (AvgIpc) is 3.34. The summed E-state index contributed by atoms with van der Waals surface area (Å²) in [5.41, 5.74) is 2.09. The average molecular weight is 478 g/mol. The molecule has 5 N–H and O–H groups in total. The predicted molar refractivity (Wildman–Crippen MR) is 112 cm³/mol. The molecule has 0 spiro atoms.